The molecule has 36 heavy (non-hydrogen) atoms. The van der Waals surface area contributed by atoms with Crippen LogP contribution in [-0.2, 0) is 10.8 Å². The van der Waals surface area contributed by atoms with Crippen LogP contribution in [0.3, 0.4) is 0 Å². The van der Waals surface area contributed by atoms with Gasteiger partial charge in [-0.25, -0.2) is 0 Å². The van der Waals surface area contributed by atoms with Gasteiger partial charge in [0.15, 0.2) is 6.10 Å². The van der Waals surface area contributed by atoms with Gasteiger partial charge in [0, 0.05) is 0 Å². The van der Waals surface area contributed by atoms with E-state index in [0.29, 0.717) is 11.5 Å². The fraction of sp³-hybridized carbons (Fsp3) is 0.625. The number of ether oxygens (including phenoxy) is 2. The van der Waals surface area contributed by atoms with Gasteiger partial charge in [-0.15, -0.1) is 0 Å². The van der Waals surface area contributed by atoms with Crippen LogP contribution >= 0.6 is 0 Å². The summed E-state index contributed by atoms with van der Waals surface area (Å²) in [6.07, 6.45) is 0.390. The molecule has 2 atom stereocenters. The van der Waals surface area contributed by atoms with Crippen molar-refractivity contribution in [1.82, 2.24) is 0 Å². The summed E-state index contributed by atoms with van der Waals surface area (Å²) in [7, 11) is 0. The van der Waals surface area contributed by atoms with Crippen molar-refractivity contribution in [2.75, 3.05) is 13.2 Å². The van der Waals surface area contributed by atoms with E-state index in [-0.39, 0.29) is 34.9 Å². The minimum absolute atomic E-state index is 0.0344. The van der Waals surface area contributed by atoms with E-state index >= 15 is 0 Å². The summed E-state index contributed by atoms with van der Waals surface area (Å²) in [5.41, 5.74) is 3.07. The van der Waals surface area contributed by atoms with Crippen LogP contribution in [0.1, 0.15) is 93.2 Å². The molecule has 0 amide bonds. The molecule has 2 unspecified atom stereocenters. The van der Waals surface area contributed by atoms with E-state index in [2.05, 4.69) is 93.5 Å². The zero-order valence-electron chi connectivity index (χ0n) is 24.3. The zero-order chi connectivity index (χ0) is 27.4. The second-order valence-electron chi connectivity index (χ2n) is 14.0. The highest BCUT2D eigenvalue weighted by molar-refractivity contribution is 5.33. The van der Waals surface area contributed by atoms with Gasteiger partial charge in [0.05, 0.1) is 6.61 Å². The molecule has 0 heterocycles. The Kier molecular flexibility index (Phi) is 9.70. The first-order valence-corrected chi connectivity index (χ1v) is 13.2. The summed E-state index contributed by atoms with van der Waals surface area (Å²) < 4.78 is 11.7. The molecule has 0 fully saturated rings. The van der Waals surface area contributed by atoms with Crippen LogP contribution < -0.4 is 9.47 Å². The van der Waals surface area contributed by atoms with Crippen molar-refractivity contribution in [2.24, 2.45) is 10.8 Å². The number of benzene rings is 2. The Balaban J connectivity index is 1.96. The Bertz CT molecular complexity index is 928. The number of hydrogen-bond donors (Lipinski definition) is 2. The topological polar surface area (TPSA) is 58.9 Å². The van der Waals surface area contributed by atoms with E-state index in [1.54, 1.807) is 0 Å². The number of hydrogen-bond acceptors (Lipinski definition) is 4. The monoisotopic (exact) mass is 498 g/mol. The molecule has 2 rings (SSSR count). The van der Waals surface area contributed by atoms with Gasteiger partial charge in [-0.3, -0.25) is 0 Å². The van der Waals surface area contributed by atoms with E-state index in [4.69, 9.17) is 9.47 Å². The number of aliphatic hydroxyl groups is 2. The largest absolute Gasteiger partial charge is 0.491 e. The van der Waals surface area contributed by atoms with Gasteiger partial charge in [0.2, 0.25) is 0 Å². The van der Waals surface area contributed by atoms with Gasteiger partial charge < -0.3 is 19.7 Å². The Morgan fingerprint density at radius 1 is 0.639 bits per heavy atom. The first kappa shape index (κ1) is 30.2. The Hall–Kier alpha value is -2.04. The molecule has 0 aliphatic heterocycles. The van der Waals surface area contributed by atoms with E-state index < -0.39 is 12.2 Å². The average molecular weight is 499 g/mol. The Morgan fingerprint density at radius 2 is 1.03 bits per heavy atom. The van der Waals surface area contributed by atoms with Crippen LogP contribution in [0, 0.1) is 10.8 Å². The van der Waals surface area contributed by atoms with Gasteiger partial charge in [0.1, 0.15) is 24.2 Å². The molecule has 0 spiro atoms. The molecule has 0 radical (unpaired) electrons. The molecular formula is C32H50O4. The molecule has 0 aliphatic rings. The van der Waals surface area contributed by atoms with Crippen molar-refractivity contribution in [2.45, 2.75) is 105 Å². The smallest absolute Gasteiger partial charge is 0.151 e. The second kappa shape index (κ2) is 11.6. The minimum atomic E-state index is -0.969. The van der Waals surface area contributed by atoms with Crippen molar-refractivity contribution in [1.29, 1.82) is 0 Å². The summed E-state index contributed by atoms with van der Waals surface area (Å²) in [6.45, 7) is 22.3. The molecule has 2 N–H and O–H groups in total. The van der Waals surface area contributed by atoms with Crippen molar-refractivity contribution < 1.29 is 19.7 Å². The van der Waals surface area contributed by atoms with Crippen LogP contribution in [-0.4, -0.2) is 35.6 Å². The maximum absolute atomic E-state index is 10.6. The molecule has 0 saturated carbocycles. The third kappa shape index (κ3) is 9.44. The predicted molar refractivity (Wildman–Crippen MR) is 150 cm³/mol. The van der Waals surface area contributed by atoms with Crippen molar-refractivity contribution in [3.8, 4) is 11.5 Å². The second-order valence-corrected chi connectivity index (χ2v) is 14.0. The Morgan fingerprint density at radius 3 is 1.39 bits per heavy atom. The molecule has 0 saturated heterocycles. The van der Waals surface area contributed by atoms with Crippen LogP contribution in [0.25, 0.3) is 0 Å². The Labute approximate surface area is 220 Å². The third-order valence-corrected chi connectivity index (χ3v) is 6.53. The lowest BCUT2D eigenvalue weighted by molar-refractivity contribution is -0.0202. The SMILES string of the molecule is CC(C)(C)CC(C)(C)c1ccc(OCC(O)C(CO)Oc2ccc(C(C)(C)CC(C)(C)C)cc2)cc1. The lowest BCUT2D eigenvalue weighted by Crippen LogP contribution is -2.39. The first-order valence-electron chi connectivity index (χ1n) is 13.2. The fourth-order valence-electron chi connectivity index (χ4n) is 5.54. The summed E-state index contributed by atoms with van der Waals surface area (Å²) in [5, 5.41) is 20.5. The maximum Gasteiger partial charge on any atom is 0.151 e. The predicted octanol–water partition coefficient (Wildman–Crippen LogP) is 7.29. The highest BCUT2D eigenvalue weighted by Gasteiger charge is 2.29. The van der Waals surface area contributed by atoms with Crippen LogP contribution in [0.2, 0.25) is 0 Å². The number of aliphatic hydroxyl groups excluding tert-OH is 2. The molecule has 4 heteroatoms. The normalized spacial score (nSPS) is 14.9. The van der Waals surface area contributed by atoms with Gasteiger partial charge in [-0.2, -0.15) is 0 Å². The van der Waals surface area contributed by atoms with Gasteiger partial charge >= 0.3 is 0 Å². The van der Waals surface area contributed by atoms with Crippen LogP contribution in [0.4, 0.5) is 0 Å². The van der Waals surface area contributed by atoms with Crippen molar-refractivity contribution >= 4 is 0 Å². The molecule has 2 aromatic rings. The first-order chi connectivity index (χ1) is 16.4. The standard InChI is InChI=1S/C32H50O4/c1-29(2,3)21-31(7,8)23-11-15-25(16-12-23)35-20-27(34)28(19-33)36-26-17-13-24(14-18-26)32(9,10)22-30(4,5)6/h11-18,27-28,33-34H,19-22H2,1-10H3. The minimum Gasteiger partial charge on any atom is -0.491 e. The van der Waals surface area contributed by atoms with Crippen LogP contribution in [0.15, 0.2) is 48.5 Å². The molecule has 202 valence electrons. The van der Waals surface area contributed by atoms with E-state index in [9.17, 15) is 10.2 Å². The maximum atomic E-state index is 10.6. The van der Waals surface area contributed by atoms with E-state index in [1.807, 2.05) is 24.3 Å². The van der Waals surface area contributed by atoms with E-state index in [1.165, 1.54) is 11.1 Å². The number of rotatable bonds is 11. The summed E-state index contributed by atoms with van der Waals surface area (Å²) in [6, 6.07) is 16.0. The molecule has 0 aliphatic carbocycles. The molecule has 0 bridgehead atoms. The van der Waals surface area contributed by atoms with Crippen molar-refractivity contribution in [3.63, 3.8) is 0 Å². The fourth-order valence-corrected chi connectivity index (χ4v) is 5.54. The highest BCUT2D eigenvalue weighted by atomic mass is 16.5. The van der Waals surface area contributed by atoms with Crippen molar-refractivity contribution in [3.05, 3.63) is 59.7 Å². The lowest BCUT2D eigenvalue weighted by Gasteiger charge is -2.33. The molecular weight excluding hydrogens is 448 g/mol. The van der Waals surface area contributed by atoms with E-state index in [0.717, 1.165) is 12.8 Å². The summed E-state index contributed by atoms with van der Waals surface area (Å²) in [4.78, 5) is 0. The highest BCUT2D eigenvalue weighted by Crippen LogP contribution is 2.38. The average Bonchev–Trinajstić information content (AvgIpc) is 2.73. The summed E-state index contributed by atoms with van der Waals surface area (Å²) >= 11 is 0. The zero-order valence-corrected chi connectivity index (χ0v) is 24.3. The lowest BCUT2D eigenvalue weighted by atomic mass is 9.72. The summed E-state index contributed by atoms with van der Waals surface area (Å²) in [5.74, 6) is 1.31. The quantitative estimate of drug-likeness (QED) is 0.341. The molecule has 0 aromatic heterocycles. The third-order valence-electron chi connectivity index (χ3n) is 6.53. The van der Waals surface area contributed by atoms with Gasteiger partial charge in [-0.05, 0) is 69.9 Å². The van der Waals surface area contributed by atoms with Gasteiger partial charge in [-0.1, -0.05) is 93.5 Å². The van der Waals surface area contributed by atoms with Gasteiger partial charge in [0.25, 0.3) is 0 Å². The molecule has 4 nitrogen and oxygen atoms in total. The van der Waals surface area contributed by atoms with Crippen LogP contribution in [0.5, 0.6) is 11.5 Å². The molecule has 2 aromatic carbocycles.